The fourth-order valence-electron chi connectivity index (χ4n) is 1.48. The van der Waals surface area contributed by atoms with Crippen molar-refractivity contribution in [2.45, 2.75) is 13.0 Å². The van der Waals surface area contributed by atoms with Crippen LogP contribution in [-0.2, 0) is 0 Å². The van der Waals surface area contributed by atoms with Gasteiger partial charge in [-0.1, -0.05) is 0 Å². The van der Waals surface area contributed by atoms with Gasteiger partial charge in [0, 0.05) is 37.3 Å². The molecule has 1 fully saturated rings. The van der Waals surface area contributed by atoms with Crippen LogP contribution in [0.1, 0.15) is 6.92 Å². The Labute approximate surface area is 101 Å². The minimum Gasteiger partial charge on any atom is -0.343 e. The van der Waals surface area contributed by atoms with E-state index in [1.54, 1.807) is 11.3 Å². The Morgan fingerprint density at radius 2 is 2.36 bits per heavy atom. The molecule has 1 aromatic rings. The summed E-state index contributed by atoms with van der Waals surface area (Å²) in [5.74, 6) is 0. The number of rotatable bonds is 1. The van der Waals surface area contributed by atoms with E-state index in [1.807, 2.05) is 11.6 Å². The number of anilines is 1. The number of halogens is 2. The van der Waals surface area contributed by atoms with Crippen LogP contribution in [0.2, 0.25) is 0 Å². The van der Waals surface area contributed by atoms with E-state index in [4.69, 9.17) is 0 Å². The van der Waals surface area contributed by atoms with Gasteiger partial charge in [-0.3, -0.25) is 0 Å². The molecular weight excluding hydrogens is 241 g/mol. The number of thiazole rings is 1. The fraction of sp³-hybridized carbons (Fsp3) is 0.625. The molecule has 3 nitrogen and oxygen atoms in total. The molecule has 1 atom stereocenters. The molecule has 0 bridgehead atoms. The van der Waals surface area contributed by atoms with Crippen LogP contribution in [0, 0.1) is 0 Å². The molecule has 1 aliphatic rings. The molecule has 0 amide bonds. The van der Waals surface area contributed by atoms with Crippen molar-refractivity contribution in [3.05, 3.63) is 11.6 Å². The topological polar surface area (TPSA) is 28.2 Å². The largest absolute Gasteiger partial charge is 0.343 e. The molecule has 1 unspecified atom stereocenters. The molecule has 2 heterocycles. The highest BCUT2D eigenvalue weighted by molar-refractivity contribution is 7.13. The van der Waals surface area contributed by atoms with Gasteiger partial charge in [0.15, 0.2) is 5.13 Å². The molecule has 1 aliphatic heterocycles. The highest BCUT2D eigenvalue weighted by Crippen LogP contribution is 2.20. The zero-order chi connectivity index (χ0) is 8.39. The molecule has 14 heavy (non-hydrogen) atoms. The molecule has 82 valence electrons. The van der Waals surface area contributed by atoms with Gasteiger partial charge in [0.2, 0.25) is 0 Å². The van der Waals surface area contributed by atoms with Crippen LogP contribution in [0.3, 0.4) is 0 Å². The third-order valence-corrected chi connectivity index (χ3v) is 2.97. The molecule has 0 spiro atoms. The number of hydrogen-bond donors (Lipinski definition) is 1. The highest BCUT2D eigenvalue weighted by Gasteiger charge is 2.19. The van der Waals surface area contributed by atoms with Crippen molar-refractivity contribution >= 4 is 41.3 Å². The maximum absolute atomic E-state index is 4.31. The summed E-state index contributed by atoms with van der Waals surface area (Å²) < 4.78 is 0. The van der Waals surface area contributed by atoms with E-state index in [0.29, 0.717) is 6.04 Å². The number of aromatic nitrogens is 1. The molecule has 1 aromatic heterocycles. The summed E-state index contributed by atoms with van der Waals surface area (Å²) in [5.41, 5.74) is 0. The van der Waals surface area contributed by atoms with Crippen molar-refractivity contribution in [3.63, 3.8) is 0 Å². The van der Waals surface area contributed by atoms with Crippen molar-refractivity contribution < 1.29 is 0 Å². The summed E-state index contributed by atoms with van der Waals surface area (Å²) in [6, 6.07) is 0.574. The zero-order valence-corrected chi connectivity index (χ0v) is 10.4. The van der Waals surface area contributed by atoms with Crippen molar-refractivity contribution in [2.75, 3.05) is 24.5 Å². The van der Waals surface area contributed by atoms with E-state index in [-0.39, 0.29) is 24.8 Å². The molecule has 0 aliphatic carbocycles. The average Bonchev–Trinajstić information content (AvgIpc) is 2.57. The van der Waals surface area contributed by atoms with Crippen LogP contribution >= 0.6 is 36.2 Å². The first kappa shape index (κ1) is 14.0. The van der Waals surface area contributed by atoms with Gasteiger partial charge in [0.05, 0.1) is 0 Å². The molecule has 1 saturated heterocycles. The SMILES string of the molecule is CC1CNCCN1c1nccs1.Cl.Cl. The Morgan fingerprint density at radius 3 is 2.93 bits per heavy atom. The Morgan fingerprint density at radius 1 is 1.57 bits per heavy atom. The maximum Gasteiger partial charge on any atom is 0.185 e. The normalized spacial score (nSPS) is 20.9. The van der Waals surface area contributed by atoms with E-state index < -0.39 is 0 Å². The lowest BCUT2D eigenvalue weighted by atomic mass is 10.2. The number of hydrogen-bond acceptors (Lipinski definition) is 4. The lowest BCUT2D eigenvalue weighted by Crippen LogP contribution is -2.49. The molecule has 0 aromatic carbocycles. The third-order valence-electron chi connectivity index (χ3n) is 2.17. The van der Waals surface area contributed by atoms with Gasteiger partial charge in [-0.2, -0.15) is 0 Å². The minimum atomic E-state index is 0. The smallest absolute Gasteiger partial charge is 0.185 e. The van der Waals surface area contributed by atoms with E-state index in [0.717, 1.165) is 24.8 Å². The van der Waals surface area contributed by atoms with Crippen molar-refractivity contribution in [2.24, 2.45) is 0 Å². The fourth-order valence-corrected chi connectivity index (χ4v) is 2.25. The van der Waals surface area contributed by atoms with E-state index >= 15 is 0 Å². The predicted molar refractivity (Wildman–Crippen MR) is 66.3 cm³/mol. The summed E-state index contributed by atoms with van der Waals surface area (Å²) >= 11 is 1.72. The molecule has 0 radical (unpaired) electrons. The Balaban J connectivity index is 0.000000845. The Hall–Kier alpha value is -0.0300. The van der Waals surface area contributed by atoms with Crippen LogP contribution < -0.4 is 10.2 Å². The Bertz CT molecular complexity index is 243. The first-order valence-electron chi connectivity index (χ1n) is 4.25. The van der Waals surface area contributed by atoms with Gasteiger partial charge in [-0.15, -0.1) is 36.2 Å². The summed E-state index contributed by atoms with van der Waals surface area (Å²) in [5, 5.41) is 6.55. The average molecular weight is 256 g/mol. The van der Waals surface area contributed by atoms with Crippen molar-refractivity contribution in [1.82, 2.24) is 10.3 Å². The first-order chi connectivity index (χ1) is 5.88. The second-order valence-electron chi connectivity index (χ2n) is 3.06. The second kappa shape index (κ2) is 6.45. The van der Waals surface area contributed by atoms with Gasteiger partial charge >= 0.3 is 0 Å². The van der Waals surface area contributed by atoms with E-state index in [1.165, 1.54) is 0 Å². The third kappa shape index (κ3) is 2.98. The molecule has 6 heteroatoms. The summed E-state index contributed by atoms with van der Waals surface area (Å²) in [7, 11) is 0. The van der Waals surface area contributed by atoms with Crippen molar-refractivity contribution in [3.8, 4) is 0 Å². The van der Waals surface area contributed by atoms with E-state index in [9.17, 15) is 0 Å². The van der Waals surface area contributed by atoms with Crippen LogP contribution in [0.5, 0.6) is 0 Å². The van der Waals surface area contributed by atoms with Crippen LogP contribution in [0.4, 0.5) is 5.13 Å². The highest BCUT2D eigenvalue weighted by atomic mass is 35.5. The summed E-state index contributed by atoms with van der Waals surface area (Å²) in [4.78, 5) is 6.67. The lowest BCUT2D eigenvalue weighted by molar-refractivity contribution is 0.500. The molecule has 2 rings (SSSR count). The quantitative estimate of drug-likeness (QED) is 0.830. The number of piperazine rings is 1. The number of nitrogens with one attached hydrogen (secondary N) is 1. The zero-order valence-electron chi connectivity index (χ0n) is 7.97. The van der Waals surface area contributed by atoms with Crippen LogP contribution in [-0.4, -0.2) is 30.7 Å². The minimum absolute atomic E-state index is 0. The van der Waals surface area contributed by atoms with E-state index in [2.05, 4.69) is 22.1 Å². The standard InChI is InChI=1S/C8H13N3S.2ClH/c1-7-6-9-2-4-11(7)8-10-3-5-12-8;;/h3,5,7,9H,2,4,6H2,1H3;2*1H. The summed E-state index contributed by atoms with van der Waals surface area (Å²) in [6.07, 6.45) is 1.87. The van der Waals surface area contributed by atoms with Crippen LogP contribution in [0.15, 0.2) is 11.6 Å². The predicted octanol–water partition coefficient (Wildman–Crippen LogP) is 1.78. The molecule has 0 saturated carbocycles. The number of nitrogens with zero attached hydrogens (tertiary/aromatic N) is 2. The monoisotopic (exact) mass is 255 g/mol. The maximum atomic E-state index is 4.31. The van der Waals surface area contributed by atoms with Gasteiger partial charge < -0.3 is 10.2 Å². The Kier molecular flexibility index (Phi) is 6.44. The van der Waals surface area contributed by atoms with Gasteiger partial charge in [0.25, 0.3) is 0 Å². The van der Waals surface area contributed by atoms with Gasteiger partial charge in [-0.25, -0.2) is 4.98 Å². The van der Waals surface area contributed by atoms with Gasteiger partial charge in [-0.05, 0) is 6.92 Å². The molecule has 1 N–H and O–H groups in total. The van der Waals surface area contributed by atoms with Gasteiger partial charge in [0.1, 0.15) is 0 Å². The summed E-state index contributed by atoms with van der Waals surface area (Å²) in [6.45, 7) is 5.45. The molecular formula is C8H15Cl2N3S. The van der Waals surface area contributed by atoms with Crippen LogP contribution in [0.25, 0.3) is 0 Å². The first-order valence-corrected chi connectivity index (χ1v) is 5.13. The van der Waals surface area contributed by atoms with Crippen molar-refractivity contribution in [1.29, 1.82) is 0 Å². The lowest BCUT2D eigenvalue weighted by Gasteiger charge is -2.33. The second-order valence-corrected chi connectivity index (χ2v) is 3.93.